The van der Waals surface area contributed by atoms with E-state index in [1.54, 1.807) is 0 Å². The van der Waals surface area contributed by atoms with E-state index in [2.05, 4.69) is 15.3 Å². The topological polar surface area (TPSA) is 107 Å². The highest BCUT2D eigenvalue weighted by Crippen LogP contribution is 2.34. The predicted molar refractivity (Wildman–Crippen MR) is 88.9 cm³/mol. The average molecular weight is 411 g/mol. The molecule has 0 aliphatic rings. The number of aliphatic hydroxyl groups is 1. The lowest BCUT2D eigenvalue weighted by Crippen LogP contribution is -2.34. The van der Waals surface area contributed by atoms with Gasteiger partial charge in [0.2, 0.25) is 5.95 Å². The zero-order valence-corrected chi connectivity index (χ0v) is 14.2. The second kappa shape index (κ2) is 7.94. The Hall–Kier alpha value is -2.30. The molecule has 0 radical (unpaired) electrons. The molecule has 1 aromatic carbocycles. The van der Waals surface area contributed by atoms with Gasteiger partial charge in [-0.25, -0.2) is 9.78 Å². The van der Waals surface area contributed by atoms with Crippen LogP contribution in [-0.4, -0.2) is 38.8 Å². The number of carboxylic acids is 1. The van der Waals surface area contributed by atoms with E-state index in [0.29, 0.717) is 11.9 Å². The van der Waals surface area contributed by atoms with Crippen molar-refractivity contribution in [3.8, 4) is 0 Å². The zero-order valence-electron chi connectivity index (χ0n) is 12.7. The van der Waals surface area contributed by atoms with Crippen LogP contribution in [0.25, 0.3) is 0 Å². The molecule has 1 atom stereocenters. The van der Waals surface area contributed by atoms with Gasteiger partial charge in [-0.2, -0.15) is 18.2 Å². The molecule has 0 amide bonds. The molecule has 0 aliphatic heterocycles. The van der Waals surface area contributed by atoms with Crippen LogP contribution in [-0.2, 0) is 11.0 Å². The van der Waals surface area contributed by atoms with Gasteiger partial charge in [-0.1, -0.05) is 23.2 Å². The Balaban J connectivity index is 2.38. The Morgan fingerprint density at radius 3 is 2.50 bits per heavy atom. The lowest BCUT2D eigenvalue weighted by molar-refractivity contribution is -0.140. The molecule has 26 heavy (non-hydrogen) atoms. The van der Waals surface area contributed by atoms with Crippen LogP contribution in [0.5, 0.6) is 0 Å². The first kappa shape index (κ1) is 20.0. The number of aliphatic hydroxyl groups excluding tert-OH is 1. The number of nitrogens with one attached hydrogen (secondary N) is 2. The lowest BCUT2D eigenvalue weighted by Gasteiger charge is -2.17. The third-order valence-corrected chi connectivity index (χ3v) is 3.80. The molecule has 4 N–H and O–H groups in total. The summed E-state index contributed by atoms with van der Waals surface area (Å²) in [4.78, 5) is 18.2. The summed E-state index contributed by atoms with van der Waals surface area (Å²) < 4.78 is 39.2. The Kier molecular flexibility index (Phi) is 6.11. The van der Waals surface area contributed by atoms with Gasteiger partial charge in [-0.05, 0) is 18.2 Å². The van der Waals surface area contributed by atoms with E-state index in [1.165, 1.54) is 18.2 Å². The van der Waals surface area contributed by atoms with Gasteiger partial charge in [0.1, 0.15) is 17.4 Å². The standard InChI is InChI=1S/C14H11Cl2F3N4O3/c15-8-2-1-6(3-9(8)16)21-13-20-4-7(14(17,18)19)11(23-13)22-10(5-24)12(25)26/h1-4,10,24H,5H2,(H,25,26)(H2,20,21,22,23)/t10-/m0/s1. The highest BCUT2D eigenvalue weighted by Gasteiger charge is 2.36. The van der Waals surface area contributed by atoms with E-state index in [0.717, 1.165) is 0 Å². The summed E-state index contributed by atoms with van der Waals surface area (Å²) in [5, 5.41) is 23.1. The molecular weight excluding hydrogens is 400 g/mol. The van der Waals surface area contributed by atoms with Crippen molar-refractivity contribution in [3.05, 3.63) is 40.0 Å². The molecule has 2 rings (SSSR count). The third kappa shape index (κ3) is 4.87. The van der Waals surface area contributed by atoms with Gasteiger partial charge in [0, 0.05) is 11.9 Å². The number of benzene rings is 1. The largest absolute Gasteiger partial charge is 0.480 e. The van der Waals surface area contributed by atoms with Gasteiger partial charge in [-0.3, -0.25) is 0 Å². The monoisotopic (exact) mass is 410 g/mol. The minimum atomic E-state index is -4.83. The van der Waals surface area contributed by atoms with Crippen molar-refractivity contribution in [3.63, 3.8) is 0 Å². The van der Waals surface area contributed by atoms with Crippen LogP contribution >= 0.6 is 23.2 Å². The molecule has 0 unspecified atom stereocenters. The summed E-state index contributed by atoms with van der Waals surface area (Å²) in [5.74, 6) is -2.59. The lowest BCUT2D eigenvalue weighted by atomic mass is 10.2. The highest BCUT2D eigenvalue weighted by molar-refractivity contribution is 6.42. The molecule has 0 fully saturated rings. The first-order chi connectivity index (χ1) is 12.1. The van der Waals surface area contributed by atoms with Gasteiger partial charge in [0.05, 0.1) is 16.7 Å². The molecule has 0 saturated heterocycles. The van der Waals surface area contributed by atoms with Crippen LogP contribution in [0.1, 0.15) is 5.56 Å². The maximum Gasteiger partial charge on any atom is 0.421 e. The fourth-order valence-electron chi connectivity index (χ4n) is 1.81. The quantitative estimate of drug-likeness (QED) is 0.577. The maximum atomic E-state index is 13.1. The van der Waals surface area contributed by atoms with Crippen molar-refractivity contribution >= 4 is 46.6 Å². The van der Waals surface area contributed by atoms with E-state index in [1.807, 2.05) is 5.32 Å². The SMILES string of the molecule is O=C(O)[C@H](CO)Nc1nc(Nc2ccc(Cl)c(Cl)c2)ncc1C(F)(F)F. The Bertz CT molecular complexity index is 821. The number of hydrogen-bond donors (Lipinski definition) is 4. The first-order valence-electron chi connectivity index (χ1n) is 6.88. The highest BCUT2D eigenvalue weighted by atomic mass is 35.5. The van der Waals surface area contributed by atoms with Crippen LogP contribution in [0.3, 0.4) is 0 Å². The van der Waals surface area contributed by atoms with Crippen LogP contribution in [0.4, 0.5) is 30.6 Å². The second-order valence-electron chi connectivity index (χ2n) is 4.93. The van der Waals surface area contributed by atoms with Gasteiger partial charge in [0.25, 0.3) is 0 Å². The Morgan fingerprint density at radius 1 is 1.27 bits per heavy atom. The number of nitrogens with zero attached hydrogens (tertiary/aromatic N) is 2. The number of aromatic nitrogens is 2. The first-order valence-corrected chi connectivity index (χ1v) is 7.64. The van der Waals surface area contributed by atoms with Gasteiger partial charge >= 0.3 is 12.1 Å². The van der Waals surface area contributed by atoms with Crippen molar-refractivity contribution in [2.75, 3.05) is 17.2 Å². The molecule has 1 heterocycles. The van der Waals surface area contributed by atoms with E-state index >= 15 is 0 Å². The molecule has 7 nitrogen and oxygen atoms in total. The van der Waals surface area contributed by atoms with Gasteiger partial charge < -0.3 is 20.8 Å². The third-order valence-electron chi connectivity index (χ3n) is 3.06. The Morgan fingerprint density at radius 2 is 1.96 bits per heavy atom. The predicted octanol–water partition coefficient (Wildman–Crippen LogP) is 3.40. The van der Waals surface area contributed by atoms with Crippen molar-refractivity contribution in [1.29, 1.82) is 0 Å². The minimum absolute atomic E-state index is 0.202. The number of halogens is 5. The van der Waals surface area contributed by atoms with Crippen LogP contribution in [0.15, 0.2) is 24.4 Å². The van der Waals surface area contributed by atoms with Crippen molar-refractivity contribution < 1.29 is 28.2 Å². The molecule has 0 saturated carbocycles. The number of carbonyl (C=O) groups is 1. The molecule has 12 heteroatoms. The molecule has 0 spiro atoms. The summed E-state index contributed by atoms with van der Waals surface area (Å²) in [5.41, 5.74) is -0.932. The second-order valence-corrected chi connectivity index (χ2v) is 5.74. The summed E-state index contributed by atoms with van der Waals surface area (Å²) in [6.45, 7) is -0.938. The zero-order chi connectivity index (χ0) is 19.5. The van der Waals surface area contributed by atoms with E-state index in [9.17, 15) is 18.0 Å². The number of alkyl halides is 3. The minimum Gasteiger partial charge on any atom is -0.480 e. The number of rotatable bonds is 6. The van der Waals surface area contributed by atoms with Crippen LogP contribution < -0.4 is 10.6 Å². The summed E-state index contributed by atoms with van der Waals surface area (Å²) in [6, 6.07) is 2.69. The summed E-state index contributed by atoms with van der Waals surface area (Å²) in [6.07, 6.45) is -4.34. The Labute approximate surface area is 154 Å². The summed E-state index contributed by atoms with van der Waals surface area (Å²) >= 11 is 11.6. The molecule has 140 valence electrons. The van der Waals surface area contributed by atoms with E-state index in [-0.39, 0.29) is 16.0 Å². The van der Waals surface area contributed by atoms with E-state index in [4.69, 9.17) is 33.4 Å². The van der Waals surface area contributed by atoms with Crippen molar-refractivity contribution in [2.45, 2.75) is 12.2 Å². The fraction of sp³-hybridized carbons (Fsp3) is 0.214. The molecular formula is C14H11Cl2F3N4O3. The number of aliphatic carboxylic acids is 1. The number of anilines is 3. The number of carboxylic acid groups (broad SMARTS) is 1. The molecule has 0 aliphatic carbocycles. The van der Waals surface area contributed by atoms with Gasteiger partial charge in [0.15, 0.2) is 0 Å². The maximum absolute atomic E-state index is 13.1. The molecule has 0 bridgehead atoms. The van der Waals surface area contributed by atoms with Crippen molar-refractivity contribution in [2.24, 2.45) is 0 Å². The summed E-state index contributed by atoms with van der Waals surface area (Å²) in [7, 11) is 0. The van der Waals surface area contributed by atoms with E-state index < -0.39 is 36.2 Å². The smallest absolute Gasteiger partial charge is 0.421 e. The fourth-order valence-corrected chi connectivity index (χ4v) is 2.11. The number of hydrogen-bond acceptors (Lipinski definition) is 6. The molecule has 1 aromatic heterocycles. The normalized spacial score (nSPS) is 12.5. The molecule has 2 aromatic rings. The van der Waals surface area contributed by atoms with Crippen molar-refractivity contribution in [1.82, 2.24) is 9.97 Å². The average Bonchev–Trinajstić information content (AvgIpc) is 2.55. The van der Waals surface area contributed by atoms with Crippen LogP contribution in [0, 0.1) is 0 Å². The van der Waals surface area contributed by atoms with Gasteiger partial charge in [-0.15, -0.1) is 0 Å². The van der Waals surface area contributed by atoms with Crippen LogP contribution in [0.2, 0.25) is 10.0 Å².